The van der Waals surface area contributed by atoms with Gasteiger partial charge in [-0.2, -0.15) is 4.98 Å². The van der Waals surface area contributed by atoms with Crippen LogP contribution < -0.4 is 5.56 Å². The maximum Gasteiger partial charge on any atom is 0.262 e. The van der Waals surface area contributed by atoms with E-state index < -0.39 is 0 Å². The van der Waals surface area contributed by atoms with Crippen molar-refractivity contribution in [2.24, 2.45) is 5.92 Å². The molecule has 0 saturated carbocycles. The van der Waals surface area contributed by atoms with Gasteiger partial charge in [0.15, 0.2) is 11.0 Å². The molecule has 7 heteroatoms. The van der Waals surface area contributed by atoms with Gasteiger partial charge in [0, 0.05) is 6.42 Å². The van der Waals surface area contributed by atoms with Gasteiger partial charge in [-0.1, -0.05) is 73.2 Å². The molecule has 4 rings (SSSR count). The van der Waals surface area contributed by atoms with Crippen molar-refractivity contribution < 1.29 is 4.52 Å². The van der Waals surface area contributed by atoms with Crippen LogP contribution in [0.15, 0.2) is 69.1 Å². The van der Waals surface area contributed by atoms with E-state index in [4.69, 9.17) is 9.51 Å². The van der Waals surface area contributed by atoms with Crippen molar-refractivity contribution in [3.05, 3.63) is 82.2 Å². The van der Waals surface area contributed by atoms with Crippen molar-refractivity contribution in [3.8, 4) is 0 Å². The van der Waals surface area contributed by atoms with E-state index in [1.807, 2.05) is 61.5 Å². The Morgan fingerprint density at radius 3 is 2.50 bits per heavy atom. The highest BCUT2D eigenvalue weighted by Crippen LogP contribution is 2.27. The highest BCUT2D eigenvalue weighted by molar-refractivity contribution is 7.98. The highest BCUT2D eigenvalue weighted by atomic mass is 32.2. The molecule has 0 saturated heterocycles. The summed E-state index contributed by atoms with van der Waals surface area (Å²) in [5.74, 6) is 2.17. The fourth-order valence-electron chi connectivity index (χ4n) is 3.37. The van der Waals surface area contributed by atoms with Gasteiger partial charge in [-0.15, -0.1) is 0 Å². The van der Waals surface area contributed by atoms with E-state index in [1.54, 1.807) is 4.57 Å². The van der Waals surface area contributed by atoms with Crippen LogP contribution in [-0.2, 0) is 12.2 Å². The SMILES string of the molecule is CC(C)Cc1noc(CSc2nc3ccccc3c(=O)n2[C@H](C)c2ccccc2)n1. The van der Waals surface area contributed by atoms with E-state index in [0.717, 1.165) is 12.0 Å². The molecule has 0 radical (unpaired) electrons. The van der Waals surface area contributed by atoms with Crippen molar-refractivity contribution in [1.29, 1.82) is 0 Å². The Morgan fingerprint density at radius 1 is 1.00 bits per heavy atom. The van der Waals surface area contributed by atoms with Crippen LogP contribution in [0.3, 0.4) is 0 Å². The summed E-state index contributed by atoms with van der Waals surface area (Å²) in [5.41, 5.74) is 1.69. The molecule has 0 aliphatic heterocycles. The lowest BCUT2D eigenvalue weighted by molar-refractivity contribution is 0.382. The molecule has 0 spiro atoms. The molecule has 0 aliphatic carbocycles. The lowest BCUT2D eigenvalue weighted by Gasteiger charge is -2.19. The molecule has 30 heavy (non-hydrogen) atoms. The highest BCUT2D eigenvalue weighted by Gasteiger charge is 2.19. The zero-order valence-corrected chi connectivity index (χ0v) is 18.1. The fourth-order valence-corrected chi connectivity index (χ4v) is 4.29. The van der Waals surface area contributed by atoms with Crippen molar-refractivity contribution >= 4 is 22.7 Å². The van der Waals surface area contributed by atoms with Gasteiger partial charge >= 0.3 is 0 Å². The standard InChI is InChI=1S/C23H24N4O2S/c1-15(2)13-20-25-21(29-26-20)14-30-23-24-19-12-8-7-11-18(19)22(28)27(23)16(3)17-9-5-4-6-10-17/h4-12,15-16H,13-14H2,1-3H3/t16-/m1/s1. The molecule has 0 amide bonds. The Balaban J connectivity index is 1.70. The number of rotatable bonds is 7. The molecule has 154 valence electrons. The summed E-state index contributed by atoms with van der Waals surface area (Å²) in [6, 6.07) is 17.3. The second kappa shape index (κ2) is 8.83. The molecule has 2 heterocycles. The second-order valence-corrected chi connectivity index (χ2v) is 8.61. The first-order chi connectivity index (χ1) is 14.5. The predicted molar refractivity (Wildman–Crippen MR) is 119 cm³/mol. The number of benzene rings is 2. The molecule has 4 aromatic rings. The van der Waals surface area contributed by atoms with Crippen LogP contribution in [0.2, 0.25) is 0 Å². The Morgan fingerprint density at radius 2 is 1.73 bits per heavy atom. The molecular formula is C23H24N4O2S. The third-order valence-electron chi connectivity index (χ3n) is 4.87. The zero-order chi connectivity index (χ0) is 21.1. The first-order valence-electron chi connectivity index (χ1n) is 10.0. The van der Waals surface area contributed by atoms with Crippen LogP contribution in [0.1, 0.15) is 44.1 Å². The summed E-state index contributed by atoms with van der Waals surface area (Å²) in [6.07, 6.45) is 0.776. The van der Waals surface area contributed by atoms with Crippen molar-refractivity contribution in [1.82, 2.24) is 19.7 Å². The number of hydrogen-bond donors (Lipinski definition) is 0. The van der Waals surface area contributed by atoms with Crippen LogP contribution in [-0.4, -0.2) is 19.7 Å². The van der Waals surface area contributed by atoms with Gasteiger partial charge in [0.1, 0.15) is 0 Å². The number of thioether (sulfide) groups is 1. The van der Waals surface area contributed by atoms with Gasteiger partial charge < -0.3 is 4.52 Å². The minimum atomic E-state index is -0.155. The molecular weight excluding hydrogens is 396 g/mol. The van der Waals surface area contributed by atoms with Gasteiger partial charge in [0.05, 0.1) is 22.7 Å². The van der Waals surface area contributed by atoms with Gasteiger partial charge in [0.2, 0.25) is 5.89 Å². The Kier molecular flexibility index (Phi) is 5.99. The predicted octanol–water partition coefficient (Wildman–Crippen LogP) is 4.88. The molecule has 0 fully saturated rings. The third kappa shape index (κ3) is 4.31. The second-order valence-electron chi connectivity index (χ2n) is 7.66. The number of nitrogens with zero attached hydrogens (tertiary/aromatic N) is 4. The van der Waals surface area contributed by atoms with Crippen molar-refractivity contribution in [2.75, 3.05) is 0 Å². The summed E-state index contributed by atoms with van der Waals surface area (Å²) in [4.78, 5) is 22.6. The van der Waals surface area contributed by atoms with Crippen LogP contribution >= 0.6 is 11.8 Å². The van der Waals surface area contributed by atoms with Gasteiger partial charge in [-0.25, -0.2) is 4.98 Å². The summed E-state index contributed by atoms with van der Waals surface area (Å²) < 4.78 is 7.15. The van der Waals surface area contributed by atoms with E-state index in [2.05, 4.69) is 24.0 Å². The fraction of sp³-hybridized carbons (Fsp3) is 0.304. The molecule has 0 N–H and O–H groups in total. The van der Waals surface area contributed by atoms with Gasteiger partial charge in [0.25, 0.3) is 5.56 Å². The molecule has 1 atom stereocenters. The number of hydrogen-bond acceptors (Lipinski definition) is 6. The lowest BCUT2D eigenvalue weighted by atomic mass is 10.1. The van der Waals surface area contributed by atoms with E-state index in [9.17, 15) is 4.79 Å². The van der Waals surface area contributed by atoms with Crippen molar-refractivity contribution in [3.63, 3.8) is 0 Å². The Hall–Kier alpha value is -2.93. The Labute approximate surface area is 179 Å². The summed E-state index contributed by atoms with van der Waals surface area (Å²) in [6.45, 7) is 6.26. The van der Waals surface area contributed by atoms with E-state index in [-0.39, 0.29) is 11.6 Å². The van der Waals surface area contributed by atoms with Crippen LogP contribution in [0.4, 0.5) is 0 Å². The minimum Gasteiger partial charge on any atom is -0.338 e. The third-order valence-corrected chi connectivity index (χ3v) is 5.81. The van der Waals surface area contributed by atoms with E-state index in [0.29, 0.717) is 39.4 Å². The summed E-state index contributed by atoms with van der Waals surface area (Å²) in [5, 5.41) is 5.30. The van der Waals surface area contributed by atoms with Crippen LogP contribution in [0.5, 0.6) is 0 Å². The van der Waals surface area contributed by atoms with Crippen molar-refractivity contribution in [2.45, 2.75) is 44.1 Å². The average molecular weight is 421 g/mol. The van der Waals surface area contributed by atoms with Gasteiger partial charge in [-0.3, -0.25) is 9.36 Å². The number of aromatic nitrogens is 4. The molecule has 0 unspecified atom stereocenters. The zero-order valence-electron chi connectivity index (χ0n) is 17.3. The molecule has 0 bridgehead atoms. The molecule has 0 aliphatic rings. The normalized spacial score (nSPS) is 12.5. The van der Waals surface area contributed by atoms with E-state index >= 15 is 0 Å². The smallest absolute Gasteiger partial charge is 0.262 e. The summed E-state index contributed by atoms with van der Waals surface area (Å²) >= 11 is 1.44. The quantitative estimate of drug-likeness (QED) is 0.313. The number of para-hydroxylation sites is 1. The average Bonchev–Trinajstić information content (AvgIpc) is 3.19. The van der Waals surface area contributed by atoms with Gasteiger partial charge in [-0.05, 0) is 30.5 Å². The Bertz CT molecular complexity index is 1200. The molecule has 6 nitrogen and oxygen atoms in total. The lowest BCUT2D eigenvalue weighted by Crippen LogP contribution is -2.27. The first-order valence-corrected chi connectivity index (χ1v) is 11.0. The summed E-state index contributed by atoms with van der Waals surface area (Å²) in [7, 11) is 0. The maximum atomic E-state index is 13.4. The largest absolute Gasteiger partial charge is 0.338 e. The topological polar surface area (TPSA) is 73.8 Å². The monoisotopic (exact) mass is 420 g/mol. The maximum absolute atomic E-state index is 13.4. The van der Waals surface area contributed by atoms with E-state index in [1.165, 1.54) is 11.8 Å². The number of fused-ring (bicyclic) bond motifs is 1. The molecule has 2 aromatic heterocycles. The van der Waals surface area contributed by atoms with Crippen LogP contribution in [0.25, 0.3) is 10.9 Å². The molecule has 2 aromatic carbocycles. The first kappa shape index (κ1) is 20.3. The minimum absolute atomic E-state index is 0.0505. The van der Waals surface area contributed by atoms with Crippen LogP contribution in [0, 0.1) is 5.92 Å².